The maximum atomic E-state index is 11.1. The summed E-state index contributed by atoms with van der Waals surface area (Å²) in [6.45, 7) is 3.04. The Labute approximate surface area is 96.1 Å². The molecule has 1 aliphatic carbocycles. The monoisotopic (exact) mass is 231 g/mol. The maximum Gasteiger partial charge on any atom is 0.326 e. The molecule has 1 saturated carbocycles. The first-order chi connectivity index (χ1) is 7.58. The van der Waals surface area contributed by atoms with Gasteiger partial charge in [-0.15, -0.1) is 0 Å². The van der Waals surface area contributed by atoms with Crippen LogP contribution in [0.4, 0.5) is 0 Å². The van der Waals surface area contributed by atoms with Gasteiger partial charge in [-0.25, -0.2) is 0 Å². The number of aliphatic carboxylic acids is 1. The zero-order valence-electron chi connectivity index (χ0n) is 9.99. The predicted molar refractivity (Wildman–Crippen MR) is 59.5 cm³/mol. The summed E-state index contributed by atoms with van der Waals surface area (Å²) >= 11 is 0. The van der Waals surface area contributed by atoms with Crippen LogP contribution in [-0.4, -0.2) is 49.6 Å². The molecule has 2 N–H and O–H groups in total. The summed E-state index contributed by atoms with van der Waals surface area (Å²) in [6.07, 6.45) is 2.91. The zero-order chi connectivity index (χ0) is 12.0. The van der Waals surface area contributed by atoms with Gasteiger partial charge < -0.3 is 14.6 Å². The molecule has 1 atom stereocenters. The van der Waals surface area contributed by atoms with Crippen LogP contribution in [0.3, 0.4) is 0 Å². The highest BCUT2D eigenvalue weighted by atomic mass is 16.5. The van der Waals surface area contributed by atoms with Gasteiger partial charge in [0.25, 0.3) is 0 Å². The number of hydrogen-bond donors (Lipinski definition) is 2. The molecule has 0 spiro atoms. The van der Waals surface area contributed by atoms with Crippen molar-refractivity contribution in [2.45, 2.75) is 37.8 Å². The van der Waals surface area contributed by atoms with E-state index in [1.54, 1.807) is 14.0 Å². The molecule has 0 aliphatic heterocycles. The van der Waals surface area contributed by atoms with Crippen molar-refractivity contribution in [2.75, 3.05) is 26.9 Å². The number of nitrogens with one attached hydrogen (secondary N) is 1. The van der Waals surface area contributed by atoms with E-state index in [0.717, 1.165) is 19.3 Å². The lowest BCUT2D eigenvalue weighted by Gasteiger charge is -2.26. The van der Waals surface area contributed by atoms with Gasteiger partial charge in [-0.1, -0.05) is 0 Å². The quantitative estimate of drug-likeness (QED) is 0.570. The van der Waals surface area contributed by atoms with Gasteiger partial charge in [0.05, 0.1) is 6.61 Å². The van der Waals surface area contributed by atoms with Gasteiger partial charge in [-0.2, -0.15) is 0 Å². The third-order valence-electron chi connectivity index (χ3n) is 2.60. The molecule has 0 heterocycles. The lowest BCUT2D eigenvalue weighted by Crippen LogP contribution is -2.54. The third-order valence-corrected chi connectivity index (χ3v) is 2.60. The van der Waals surface area contributed by atoms with Gasteiger partial charge in [0.2, 0.25) is 0 Å². The average molecular weight is 231 g/mol. The van der Waals surface area contributed by atoms with Crippen LogP contribution >= 0.6 is 0 Å². The Balaban J connectivity index is 2.23. The normalized spacial score (nSPS) is 19.4. The van der Waals surface area contributed by atoms with Gasteiger partial charge in [-0.3, -0.25) is 10.1 Å². The van der Waals surface area contributed by atoms with Crippen LogP contribution in [0.5, 0.6) is 0 Å². The fourth-order valence-electron chi connectivity index (χ4n) is 1.42. The van der Waals surface area contributed by atoms with Crippen molar-refractivity contribution in [3.05, 3.63) is 0 Å². The van der Waals surface area contributed by atoms with Crippen molar-refractivity contribution >= 4 is 5.97 Å². The van der Waals surface area contributed by atoms with Crippen LogP contribution in [0.2, 0.25) is 0 Å². The summed E-state index contributed by atoms with van der Waals surface area (Å²) in [5, 5.41) is 12.2. The van der Waals surface area contributed by atoms with Gasteiger partial charge in [0, 0.05) is 26.4 Å². The van der Waals surface area contributed by atoms with Crippen LogP contribution in [0.25, 0.3) is 0 Å². The van der Waals surface area contributed by atoms with Crippen molar-refractivity contribution in [1.82, 2.24) is 5.32 Å². The second-order valence-corrected chi connectivity index (χ2v) is 4.45. The third kappa shape index (κ3) is 4.47. The Morgan fingerprint density at radius 2 is 2.19 bits per heavy atom. The number of carboxylic acids is 1. The predicted octanol–water partition coefficient (Wildman–Crippen LogP) is 0.635. The number of ether oxygens (including phenoxy) is 2. The summed E-state index contributed by atoms with van der Waals surface area (Å²) in [7, 11) is 1.63. The van der Waals surface area contributed by atoms with E-state index in [1.807, 2.05) is 0 Å². The van der Waals surface area contributed by atoms with Gasteiger partial charge in [0.1, 0.15) is 5.54 Å². The SMILES string of the molecule is COCCCOCC(C)(NC1CC1)C(=O)O. The van der Waals surface area contributed by atoms with Crippen LogP contribution in [-0.2, 0) is 14.3 Å². The number of carboxylic acid groups (broad SMARTS) is 1. The first-order valence-corrected chi connectivity index (χ1v) is 5.66. The van der Waals surface area contributed by atoms with Gasteiger partial charge in [0.15, 0.2) is 0 Å². The fraction of sp³-hybridized carbons (Fsp3) is 0.909. The lowest BCUT2D eigenvalue weighted by atomic mass is 10.0. The van der Waals surface area contributed by atoms with Gasteiger partial charge in [-0.05, 0) is 26.2 Å². The molecule has 0 amide bonds. The van der Waals surface area contributed by atoms with Crippen LogP contribution < -0.4 is 5.32 Å². The van der Waals surface area contributed by atoms with Crippen molar-refractivity contribution in [1.29, 1.82) is 0 Å². The second-order valence-electron chi connectivity index (χ2n) is 4.45. The molecule has 5 nitrogen and oxygen atoms in total. The topological polar surface area (TPSA) is 67.8 Å². The summed E-state index contributed by atoms with van der Waals surface area (Å²) in [5.41, 5.74) is -0.964. The molecular weight excluding hydrogens is 210 g/mol. The maximum absolute atomic E-state index is 11.1. The molecule has 0 saturated heterocycles. The summed E-state index contributed by atoms with van der Waals surface area (Å²) < 4.78 is 10.3. The molecule has 0 aromatic rings. The van der Waals surface area contributed by atoms with Crippen LogP contribution in [0.1, 0.15) is 26.2 Å². The molecule has 16 heavy (non-hydrogen) atoms. The van der Waals surface area contributed by atoms with Crippen molar-refractivity contribution in [3.63, 3.8) is 0 Å². The standard InChI is InChI=1S/C11H21NO4/c1-11(10(13)14,12-9-4-5-9)8-16-7-3-6-15-2/h9,12H,3-8H2,1-2H3,(H,13,14). The smallest absolute Gasteiger partial charge is 0.326 e. The Morgan fingerprint density at radius 1 is 1.50 bits per heavy atom. The number of carbonyl (C=O) groups is 1. The van der Waals surface area contributed by atoms with E-state index in [4.69, 9.17) is 14.6 Å². The first-order valence-electron chi connectivity index (χ1n) is 5.66. The molecule has 1 rings (SSSR count). The van der Waals surface area contributed by atoms with Crippen LogP contribution in [0.15, 0.2) is 0 Å². The molecule has 0 bridgehead atoms. The Morgan fingerprint density at radius 3 is 2.69 bits per heavy atom. The molecule has 0 radical (unpaired) electrons. The van der Waals surface area contributed by atoms with E-state index < -0.39 is 11.5 Å². The highest BCUT2D eigenvalue weighted by molar-refractivity contribution is 5.78. The number of methoxy groups -OCH3 is 1. The first kappa shape index (κ1) is 13.4. The summed E-state index contributed by atoms with van der Waals surface area (Å²) in [4.78, 5) is 11.1. The van der Waals surface area contributed by atoms with Crippen molar-refractivity contribution in [2.24, 2.45) is 0 Å². The van der Waals surface area contributed by atoms with Crippen LogP contribution in [0, 0.1) is 0 Å². The summed E-state index contributed by atoms with van der Waals surface area (Å²) in [6, 6.07) is 0.351. The Kier molecular flexibility index (Phi) is 5.18. The minimum absolute atomic E-state index is 0.197. The number of hydrogen-bond acceptors (Lipinski definition) is 4. The molecule has 1 aliphatic rings. The second kappa shape index (κ2) is 6.18. The fourth-order valence-corrected chi connectivity index (χ4v) is 1.42. The molecule has 0 aromatic heterocycles. The Hall–Kier alpha value is -0.650. The van der Waals surface area contributed by atoms with E-state index >= 15 is 0 Å². The minimum Gasteiger partial charge on any atom is -0.480 e. The van der Waals surface area contributed by atoms with E-state index in [9.17, 15) is 4.79 Å². The molecule has 94 valence electrons. The van der Waals surface area contributed by atoms with Crippen molar-refractivity contribution < 1.29 is 19.4 Å². The van der Waals surface area contributed by atoms with E-state index in [2.05, 4.69) is 5.32 Å². The average Bonchev–Trinajstić information content (AvgIpc) is 3.01. The highest BCUT2D eigenvalue weighted by Gasteiger charge is 2.38. The van der Waals surface area contributed by atoms with E-state index in [0.29, 0.717) is 19.3 Å². The lowest BCUT2D eigenvalue weighted by molar-refractivity contribution is -0.147. The molecular formula is C11H21NO4. The highest BCUT2D eigenvalue weighted by Crippen LogP contribution is 2.22. The zero-order valence-corrected chi connectivity index (χ0v) is 9.99. The van der Waals surface area contributed by atoms with Crippen molar-refractivity contribution in [3.8, 4) is 0 Å². The molecule has 1 unspecified atom stereocenters. The summed E-state index contributed by atoms with van der Waals surface area (Å²) in [5.74, 6) is -0.855. The molecule has 5 heteroatoms. The van der Waals surface area contributed by atoms with E-state index in [-0.39, 0.29) is 6.61 Å². The minimum atomic E-state index is -0.964. The van der Waals surface area contributed by atoms with Gasteiger partial charge >= 0.3 is 5.97 Å². The largest absolute Gasteiger partial charge is 0.480 e. The Bertz CT molecular complexity index is 230. The number of rotatable bonds is 9. The molecule has 1 fully saturated rings. The van der Waals surface area contributed by atoms with E-state index in [1.165, 1.54) is 0 Å². The molecule has 0 aromatic carbocycles.